The number of rotatable bonds is 6. The number of carbonyl (C=O) groups excluding carboxylic acids is 2. The molecule has 0 aliphatic rings. The van der Waals surface area contributed by atoms with E-state index in [9.17, 15) is 9.59 Å². The fraction of sp³-hybridized carbons (Fsp3) is 0.818. The van der Waals surface area contributed by atoms with Gasteiger partial charge in [0.15, 0.2) is 0 Å². The van der Waals surface area contributed by atoms with Gasteiger partial charge in [-0.15, -0.1) is 0 Å². The molecule has 0 aliphatic carbocycles. The minimum Gasteiger partial charge on any atom is -0.393 e. The van der Waals surface area contributed by atoms with Crippen molar-refractivity contribution in [2.24, 2.45) is 5.92 Å². The van der Waals surface area contributed by atoms with Crippen molar-refractivity contribution in [3.63, 3.8) is 0 Å². The summed E-state index contributed by atoms with van der Waals surface area (Å²) >= 11 is 0. The molecule has 82 valence electrons. The van der Waals surface area contributed by atoms with Crippen LogP contribution in [0.15, 0.2) is 0 Å². The Labute approximate surface area is 85.8 Å². The maximum absolute atomic E-state index is 11.0. The quantitative estimate of drug-likeness (QED) is 0.489. The van der Waals surface area contributed by atoms with Crippen molar-refractivity contribution < 1.29 is 14.3 Å². The van der Waals surface area contributed by atoms with E-state index in [1.54, 1.807) is 0 Å². The van der Waals surface area contributed by atoms with Gasteiger partial charge < -0.3 is 4.74 Å². The van der Waals surface area contributed by atoms with Gasteiger partial charge in [0.2, 0.25) is 0 Å². The Morgan fingerprint density at radius 2 is 1.93 bits per heavy atom. The van der Waals surface area contributed by atoms with E-state index in [2.05, 4.69) is 18.6 Å². The zero-order chi connectivity index (χ0) is 11.0. The van der Waals surface area contributed by atoms with Gasteiger partial charge in [0.25, 0.3) is 0 Å². The lowest BCUT2D eigenvalue weighted by molar-refractivity contribution is -0.158. The molecule has 0 saturated heterocycles. The van der Waals surface area contributed by atoms with E-state index in [4.69, 9.17) is 0 Å². The van der Waals surface area contributed by atoms with Crippen molar-refractivity contribution in [2.45, 2.75) is 52.9 Å². The first-order valence-corrected chi connectivity index (χ1v) is 5.27. The van der Waals surface area contributed by atoms with Crippen LogP contribution in [-0.2, 0) is 14.3 Å². The maximum atomic E-state index is 11.0. The largest absolute Gasteiger partial charge is 0.393 e. The Bertz CT molecular complexity index is 187. The van der Waals surface area contributed by atoms with Crippen LogP contribution in [0.4, 0.5) is 0 Å². The number of hydrogen-bond acceptors (Lipinski definition) is 3. The van der Waals surface area contributed by atoms with Crippen LogP contribution in [0.25, 0.3) is 0 Å². The third kappa shape index (κ3) is 7.77. The average Bonchev–Trinajstić information content (AvgIpc) is 2.10. The number of carbonyl (C=O) groups is 2. The van der Waals surface area contributed by atoms with E-state index in [1.807, 2.05) is 0 Å². The highest BCUT2D eigenvalue weighted by Gasteiger charge is 2.09. The SMILES string of the molecule is CCCCC(C)CCC(=O)OC(C)=O. The highest BCUT2D eigenvalue weighted by molar-refractivity contribution is 5.83. The van der Waals surface area contributed by atoms with Crippen molar-refractivity contribution in [3.05, 3.63) is 0 Å². The van der Waals surface area contributed by atoms with Crippen LogP contribution in [0.1, 0.15) is 52.9 Å². The topological polar surface area (TPSA) is 43.4 Å². The highest BCUT2D eigenvalue weighted by atomic mass is 16.6. The Balaban J connectivity index is 3.50. The van der Waals surface area contributed by atoms with E-state index in [0.717, 1.165) is 12.8 Å². The molecule has 3 heteroatoms. The van der Waals surface area contributed by atoms with Gasteiger partial charge >= 0.3 is 11.9 Å². The summed E-state index contributed by atoms with van der Waals surface area (Å²) in [6.45, 7) is 5.52. The Morgan fingerprint density at radius 3 is 2.43 bits per heavy atom. The lowest BCUT2D eigenvalue weighted by Gasteiger charge is -2.08. The summed E-state index contributed by atoms with van der Waals surface area (Å²) in [4.78, 5) is 21.4. The van der Waals surface area contributed by atoms with Crippen LogP contribution in [-0.4, -0.2) is 11.9 Å². The summed E-state index contributed by atoms with van der Waals surface area (Å²) in [7, 11) is 0. The Kier molecular flexibility index (Phi) is 7.07. The maximum Gasteiger partial charge on any atom is 0.313 e. The number of unbranched alkanes of at least 4 members (excludes halogenated alkanes) is 1. The first-order valence-electron chi connectivity index (χ1n) is 5.27. The smallest absolute Gasteiger partial charge is 0.313 e. The van der Waals surface area contributed by atoms with E-state index >= 15 is 0 Å². The third-order valence-electron chi connectivity index (χ3n) is 2.15. The standard InChI is InChI=1S/C11H20O3/c1-4-5-6-9(2)7-8-11(13)14-10(3)12/h9H,4-8H2,1-3H3. The summed E-state index contributed by atoms with van der Waals surface area (Å²) < 4.78 is 4.43. The minimum atomic E-state index is -0.517. The van der Waals surface area contributed by atoms with Crippen molar-refractivity contribution >= 4 is 11.9 Å². The molecule has 1 unspecified atom stereocenters. The van der Waals surface area contributed by atoms with Crippen molar-refractivity contribution in [1.29, 1.82) is 0 Å². The molecule has 0 N–H and O–H groups in total. The van der Waals surface area contributed by atoms with E-state index in [1.165, 1.54) is 19.8 Å². The molecule has 0 aromatic heterocycles. The molecule has 0 rings (SSSR count). The normalized spacial score (nSPS) is 12.2. The van der Waals surface area contributed by atoms with Crippen molar-refractivity contribution in [1.82, 2.24) is 0 Å². The number of esters is 2. The molecule has 0 saturated carbocycles. The second-order valence-corrected chi connectivity index (χ2v) is 3.75. The molecule has 0 aromatic rings. The summed E-state index contributed by atoms with van der Waals surface area (Å²) in [5, 5.41) is 0. The first-order chi connectivity index (χ1) is 6.56. The molecule has 0 fully saturated rings. The van der Waals surface area contributed by atoms with Gasteiger partial charge in [-0.25, -0.2) is 0 Å². The predicted molar refractivity (Wildman–Crippen MR) is 54.7 cm³/mol. The van der Waals surface area contributed by atoms with Gasteiger partial charge in [0, 0.05) is 13.3 Å². The second kappa shape index (κ2) is 7.54. The minimum absolute atomic E-state index is 0.352. The van der Waals surface area contributed by atoms with Crippen LogP contribution in [0.2, 0.25) is 0 Å². The van der Waals surface area contributed by atoms with E-state index in [-0.39, 0.29) is 0 Å². The van der Waals surface area contributed by atoms with Crippen LogP contribution in [0.3, 0.4) is 0 Å². The van der Waals surface area contributed by atoms with Gasteiger partial charge in [0.05, 0.1) is 0 Å². The second-order valence-electron chi connectivity index (χ2n) is 3.75. The fourth-order valence-electron chi connectivity index (χ4n) is 1.27. The lowest BCUT2D eigenvalue weighted by Crippen LogP contribution is -2.10. The van der Waals surface area contributed by atoms with Crippen LogP contribution in [0.5, 0.6) is 0 Å². The number of ether oxygens (including phenoxy) is 1. The summed E-state index contributed by atoms with van der Waals surface area (Å²) in [6, 6.07) is 0. The molecule has 3 nitrogen and oxygen atoms in total. The van der Waals surface area contributed by atoms with Gasteiger partial charge in [-0.3, -0.25) is 9.59 Å². The molecule has 14 heavy (non-hydrogen) atoms. The highest BCUT2D eigenvalue weighted by Crippen LogP contribution is 2.14. The van der Waals surface area contributed by atoms with E-state index < -0.39 is 11.9 Å². The molecule has 0 bridgehead atoms. The summed E-state index contributed by atoms with van der Waals surface area (Å²) in [5.74, 6) is -0.383. The molecule has 1 atom stereocenters. The molecule has 0 aromatic carbocycles. The van der Waals surface area contributed by atoms with Crippen LogP contribution >= 0.6 is 0 Å². The zero-order valence-corrected chi connectivity index (χ0v) is 9.34. The summed E-state index contributed by atoms with van der Waals surface area (Å²) in [6.07, 6.45) is 4.69. The molecule has 0 aliphatic heterocycles. The lowest BCUT2D eigenvalue weighted by atomic mass is 9.99. The Hall–Kier alpha value is -0.860. The van der Waals surface area contributed by atoms with Gasteiger partial charge in [-0.1, -0.05) is 33.1 Å². The van der Waals surface area contributed by atoms with Gasteiger partial charge in [-0.05, 0) is 12.3 Å². The van der Waals surface area contributed by atoms with Crippen molar-refractivity contribution in [2.75, 3.05) is 0 Å². The zero-order valence-electron chi connectivity index (χ0n) is 9.34. The van der Waals surface area contributed by atoms with Gasteiger partial charge in [0.1, 0.15) is 0 Å². The fourth-order valence-corrected chi connectivity index (χ4v) is 1.27. The average molecular weight is 200 g/mol. The molecule has 0 spiro atoms. The first kappa shape index (κ1) is 13.1. The summed E-state index contributed by atoms with van der Waals surface area (Å²) in [5.41, 5.74) is 0. The van der Waals surface area contributed by atoms with Crippen LogP contribution < -0.4 is 0 Å². The third-order valence-corrected chi connectivity index (χ3v) is 2.15. The predicted octanol–water partition coefficient (Wildman–Crippen LogP) is 2.68. The molecule has 0 heterocycles. The van der Waals surface area contributed by atoms with Crippen molar-refractivity contribution in [3.8, 4) is 0 Å². The van der Waals surface area contributed by atoms with Gasteiger partial charge in [-0.2, -0.15) is 0 Å². The number of hydrogen-bond donors (Lipinski definition) is 0. The van der Waals surface area contributed by atoms with Crippen LogP contribution in [0, 0.1) is 5.92 Å². The van der Waals surface area contributed by atoms with E-state index in [0.29, 0.717) is 12.3 Å². The molecular weight excluding hydrogens is 180 g/mol. The molecule has 0 amide bonds. The molecule has 0 radical (unpaired) electrons. The monoisotopic (exact) mass is 200 g/mol. The molecular formula is C11H20O3. The Morgan fingerprint density at radius 1 is 1.29 bits per heavy atom.